The SMILES string of the molecule is CCCOCC#CC1CC(C2CCC2)C(C2CC2Cc2ccccc2)C(COCc2ccccc2)O1. The van der Waals surface area contributed by atoms with E-state index in [1.165, 1.54) is 43.2 Å². The van der Waals surface area contributed by atoms with Crippen molar-refractivity contribution in [3.8, 4) is 11.8 Å². The van der Waals surface area contributed by atoms with Gasteiger partial charge < -0.3 is 14.2 Å². The molecule has 2 saturated carbocycles. The molecule has 1 heterocycles. The van der Waals surface area contributed by atoms with Crippen LogP contribution in [-0.4, -0.2) is 32.0 Å². The van der Waals surface area contributed by atoms with E-state index in [0.717, 1.165) is 37.2 Å². The fraction of sp³-hybridized carbons (Fsp3) is 0.576. The molecular weight excluding hydrogens is 444 g/mol. The predicted molar refractivity (Wildman–Crippen MR) is 144 cm³/mol. The summed E-state index contributed by atoms with van der Waals surface area (Å²) in [4.78, 5) is 0. The van der Waals surface area contributed by atoms with Crippen LogP contribution in [0, 0.1) is 41.4 Å². The fourth-order valence-corrected chi connectivity index (χ4v) is 6.43. The molecule has 0 amide bonds. The van der Waals surface area contributed by atoms with Crippen LogP contribution in [0.25, 0.3) is 0 Å². The van der Waals surface area contributed by atoms with Gasteiger partial charge in [0.2, 0.25) is 0 Å². The van der Waals surface area contributed by atoms with E-state index in [0.29, 0.717) is 31.7 Å². The smallest absolute Gasteiger partial charge is 0.119 e. The zero-order valence-electron chi connectivity index (χ0n) is 21.8. The Bertz CT molecular complexity index is 974. The third-order valence-corrected chi connectivity index (χ3v) is 8.50. The van der Waals surface area contributed by atoms with Crippen molar-refractivity contribution >= 4 is 0 Å². The van der Waals surface area contributed by atoms with E-state index in [2.05, 4.69) is 79.4 Å². The third kappa shape index (κ3) is 6.80. The minimum absolute atomic E-state index is 0.00581. The lowest BCUT2D eigenvalue weighted by Gasteiger charge is -2.47. The summed E-state index contributed by atoms with van der Waals surface area (Å²) in [5, 5.41) is 0. The van der Waals surface area contributed by atoms with Gasteiger partial charge in [-0.25, -0.2) is 0 Å². The summed E-state index contributed by atoms with van der Waals surface area (Å²) in [5.74, 6) is 10.3. The summed E-state index contributed by atoms with van der Waals surface area (Å²) in [5.41, 5.74) is 2.69. The number of ether oxygens (including phenoxy) is 3. The monoisotopic (exact) mass is 486 g/mol. The largest absolute Gasteiger partial charge is 0.374 e. The second kappa shape index (κ2) is 12.9. The highest BCUT2D eigenvalue weighted by atomic mass is 16.5. The first-order valence-electron chi connectivity index (χ1n) is 14.2. The van der Waals surface area contributed by atoms with E-state index in [9.17, 15) is 0 Å². The van der Waals surface area contributed by atoms with E-state index in [-0.39, 0.29) is 12.2 Å². The van der Waals surface area contributed by atoms with Gasteiger partial charge in [-0.3, -0.25) is 0 Å². The molecule has 3 nitrogen and oxygen atoms in total. The van der Waals surface area contributed by atoms with E-state index in [1.807, 2.05) is 0 Å². The molecule has 6 unspecified atom stereocenters. The van der Waals surface area contributed by atoms with Crippen LogP contribution >= 0.6 is 0 Å². The van der Waals surface area contributed by atoms with Crippen LogP contribution in [0.4, 0.5) is 0 Å². The maximum Gasteiger partial charge on any atom is 0.119 e. The average Bonchev–Trinajstić information content (AvgIpc) is 3.62. The van der Waals surface area contributed by atoms with Gasteiger partial charge in [0.05, 0.1) is 19.3 Å². The third-order valence-electron chi connectivity index (χ3n) is 8.50. The summed E-state index contributed by atoms with van der Waals surface area (Å²) >= 11 is 0. The van der Waals surface area contributed by atoms with Crippen LogP contribution in [0.1, 0.15) is 56.6 Å². The highest BCUT2D eigenvalue weighted by molar-refractivity contribution is 5.18. The minimum atomic E-state index is -0.00581. The Hall–Kier alpha value is -2.12. The number of rotatable bonds is 11. The summed E-state index contributed by atoms with van der Waals surface area (Å²) in [7, 11) is 0. The zero-order chi connectivity index (χ0) is 24.6. The van der Waals surface area contributed by atoms with Gasteiger partial charge in [0.1, 0.15) is 12.7 Å². The molecule has 0 N–H and O–H groups in total. The predicted octanol–water partition coefficient (Wildman–Crippen LogP) is 6.70. The molecule has 1 saturated heterocycles. The lowest BCUT2D eigenvalue weighted by molar-refractivity contribution is -0.143. The standard InChI is InChI=1S/C33H42O3/c1-2-18-34-19-10-17-29-22-31(27-15-9-16-27)33(30-21-28(30)20-25-11-5-3-6-12-25)32(36-29)24-35-23-26-13-7-4-8-14-26/h3-8,11-14,27-33H,2,9,15-16,18-24H2,1H3. The van der Waals surface area contributed by atoms with E-state index in [1.54, 1.807) is 0 Å². The summed E-state index contributed by atoms with van der Waals surface area (Å²) in [6, 6.07) is 21.5. The van der Waals surface area contributed by atoms with Crippen molar-refractivity contribution in [3.05, 3.63) is 71.8 Å². The van der Waals surface area contributed by atoms with E-state index in [4.69, 9.17) is 14.2 Å². The molecule has 0 radical (unpaired) electrons. The zero-order valence-corrected chi connectivity index (χ0v) is 21.8. The maximum atomic E-state index is 6.74. The van der Waals surface area contributed by atoms with Crippen LogP contribution in [0.3, 0.4) is 0 Å². The molecule has 3 heteroatoms. The molecule has 3 aliphatic rings. The van der Waals surface area contributed by atoms with Crippen LogP contribution < -0.4 is 0 Å². The lowest BCUT2D eigenvalue weighted by Crippen LogP contribution is -2.48. The highest BCUT2D eigenvalue weighted by Crippen LogP contribution is 2.56. The lowest BCUT2D eigenvalue weighted by atomic mass is 9.64. The molecule has 2 aromatic carbocycles. The first-order valence-corrected chi connectivity index (χ1v) is 14.2. The topological polar surface area (TPSA) is 27.7 Å². The van der Waals surface area contributed by atoms with E-state index < -0.39 is 0 Å². The number of hydrogen-bond donors (Lipinski definition) is 0. The van der Waals surface area contributed by atoms with Crippen molar-refractivity contribution in [2.45, 2.75) is 70.7 Å². The van der Waals surface area contributed by atoms with Gasteiger partial charge in [0.15, 0.2) is 0 Å². The Morgan fingerprint density at radius 3 is 2.33 bits per heavy atom. The first-order chi connectivity index (χ1) is 17.8. The van der Waals surface area contributed by atoms with Crippen LogP contribution in [0.2, 0.25) is 0 Å². The molecule has 192 valence electrons. The van der Waals surface area contributed by atoms with Gasteiger partial charge >= 0.3 is 0 Å². The normalized spacial score (nSPS) is 29.7. The molecule has 2 aliphatic carbocycles. The molecule has 0 spiro atoms. The molecule has 36 heavy (non-hydrogen) atoms. The van der Waals surface area contributed by atoms with Crippen LogP contribution in [0.5, 0.6) is 0 Å². The Morgan fingerprint density at radius 2 is 1.64 bits per heavy atom. The molecule has 0 bridgehead atoms. The molecular formula is C33H42O3. The van der Waals surface area contributed by atoms with Gasteiger partial charge in [-0.2, -0.15) is 0 Å². The Balaban J connectivity index is 1.28. The quantitative estimate of drug-likeness (QED) is 0.261. The van der Waals surface area contributed by atoms with Crippen molar-refractivity contribution in [1.82, 2.24) is 0 Å². The molecule has 3 fully saturated rings. The second-order valence-electron chi connectivity index (χ2n) is 11.1. The van der Waals surface area contributed by atoms with Gasteiger partial charge in [-0.1, -0.05) is 98.7 Å². The van der Waals surface area contributed by atoms with Gasteiger partial charge in [0.25, 0.3) is 0 Å². The summed E-state index contributed by atoms with van der Waals surface area (Å²) in [6.07, 6.45) is 8.84. The molecule has 6 atom stereocenters. The average molecular weight is 487 g/mol. The van der Waals surface area contributed by atoms with E-state index >= 15 is 0 Å². The van der Waals surface area contributed by atoms with Crippen molar-refractivity contribution in [2.75, 3.05) is 19.8 Å². The Labute approximate surface area is 217 Å². The summed E-state index contributed by atoms with van der Waals surface area (Å²) in [6.45, 7) is 4.70. The second-order valence-corrected chi connectivity index (χ2v) is 11.1. The van der Waals surface area contributed by atoms with Crippen molar-refractivity contribution in [3.63, 3.8) is 0 Å². The molecule has 5 rings (SSSR count). The van der Waals surface area contributed by atoms with Gasteiger partial charge in [0, 0.05) is 6.61 Å². The maximum absolute atomic E-state index is 6.74. The highest BCUT2D eigenvalue weighted by Gasteiger charge is 2.53. The van der Waals surface area contributed by atoms with Crippen molar-refractivity contribution < 1.29 is 14.2 Å². The number of hydrogen-bond acceptors (Lipinski definition) is 3. The molecule has 1 aliphatic heterocycles. The van der Waals surface area contributed by atoms with Crippen LogP contribution in [0.15, 0.2) is 60.7 Å². The van der Waals surface area contributed by atoms with Crippen molar-refractivity contribution in [2.24, 2.45) is 29.6 Å². The minimum Gasteiger partial charge on any atom is -0.374 e. The van der Waals surface area contributed by atoms with Gasteiger partial charge in [-0.05, 0) is 66.4 Å². The first kappa shape index (κ1) is 25.5. The fourth-order valence-electron chi connectivity index (χ4n) is 6.43. The summed E-state index contributed by atoms with van der Waals surface area (Å²) < 4.78 is 18.7. The van der Waals surface area contributed by atoms with Crippen LogP contribution in [-0.2, 0) is 27.2 Å². The van der Waals surface area contributed by atoms with Crippen molar-refractivity contribution in [1.29, 1.82) is 0 Å². The van der Waals surface area contributed by atoms with Gasteiger partial charge in [-0.15, -0.1) is 0 Å². The Morgan fingerprint density at radius 1 is 0.889 bits per heavy atom. The number of benzene rings is 2. The molecule has 2 aromatic rings. The Kier molecular flexibility index (Phi) is 9.15. The molecule has 0 aromatic heterocycles.